The molecule has 4 nitrogen and oxygen atoms in total. The van der Waals surface area contributed by atoms with Crippen molar-refractivity contribution in [1.29, 1.82) is 0 Å². The Kier molecular flexibility index (Phi) is 13.2. The van der Waals surface area contributed by atoms with Gasteiger partial charge >= 0.3 is 5.97 Å². The number of carbonyl (C=O) groups is 1. The number of aliphatic hydroxyl groups is 1. The summed E-state index contributed by atoms with van der Waals surface area (Å²) in [7, 11) is 0. The molecule has 4 heteroatoms. The number of benzene rings is 1. The zero-order chi connectivity index (χ0) is 18.3. The molecule has 0 saturated heterocycles. The van der Waals surface area contributed by atoms with Crippen molar-refractivity contribution in [3.63, 3.8) is 0 Å². The van der Waals surface area contributed by atoms with Crippen LogP contribution in [0.4, 0.5) is 0 Å². The normalized spacial score (nSPS) is 15.2. The van der Waals surface area contributed by atoms with E-state index in [-0.39, 0.29) is 18.0 Å². The molecule has 0 aliphatic heterocycles. The van der Waals surface area contributed by atoms with Crippen LogP contribution < -0.4 is 5.73 Å². The number of carbonyl (C=O) groups excluding carboxylic acids is 1. The molecule has 0 heterocycles. The minimum atomic E-state index is -0.115. The summed E-state index contributed by atoms with van der Waals surface area (Å²) in [6.45, 7) is 6.88. The summed E-state index contributed by atoms with van der Waals surface area (Å²) in [5.74, 6) is -0.115. The molecule has 3 N–H and O–H groups in total. The maximum Gasteiger partial charge on any atom is 0.306 e. The minimum absolute atomic E-state index is 0.00792. The van der Waals surface area contributed by atoms with E-state index in [4.69, 9.17) is 15.6 Å². The molecule has 1 saturated carbocycles. The average molecular weight is 338 g/mol. The van der Waals surface area contributed by atoms with Crippen LogP contribution in [0.5, 0.6) is 0 Å². The second-order valence-electron chi connectivity index (χ2n) is 5.90. The Hall–Kier alpha value is -1.39. The first kappa shape index (κ1) is 22.6. The summed E-state index contributed by atoms with van der Waals surface area (Å²) in [6.07, 6.45) is 6.22. The molecular weight excluding hydrogens is 302 g/mol. The van der Waals surface area contributed by atoms with Crippen molar-refractivity contribution in [2.24, 2.45) is 11.1 Å². The smallest absolute Gasteiger partial charge is 0.306 e. The van der Waals surface area contributed by atoms with E-state index in [0.717, 1.165) is 18.4 Å². The molecule has 0 radical (unpaired) electrons. The van der Waals surface area contributed by atoms with Crippen LogP contribution in [0.25, 0.3) is 0 Å². The van der Waals surface area contributed by atoms with Crippen molar-refractivity contribution in [2.75, 3.05) is 13.2 Å². The second kappa shape index (κ2) is 14.0. The Labute approximate surface area is 147 Å². The molecule has 1 aromatic rings. The largest absolute Gasteiger partial charge is 0.461 e. The van der Waals surface area contributed by atoms with Gasteiger partial charge in [0, 0.05) is 6.61 Å². The first-order chi connectivity index (χ1) is 11.7. The quantitative estimate of drug-likeness (QED) is 0.795. The van der Waals surface area contributed by atoms with E-state index in [1.54, 1.807) is 6.92 Å². The topological polar surface area (TPSA) is 72.5 Å². The van der Waals surface area contributed by atoms with Crippen LogP contribution in [0, 0.1) is 5.41 Å². The number of nitrogens with two attached hydrogens (primary N) is 1. The summed E-state index contributed by atoms with van der Waals surface area (Å²) in [5, 5.41) is 7.57. The molecule has 0 spiro atoms. The molecular formula is C20H35NO3. The fourth-order valence-electron chi connectivity index (χ4n) is 2.85. The zero-order valence-corrected chi connectivity index (χ0v) is 15.6. The maximum absolute atomic E-state index is 12.0. The highest BCUT2D eigenvalue weighted by atomic mass is 16.5. The Balaban J connectivity index is 0.000000952. The summed E-state index contributed by atoms with van der Waals surface area (Å²) in [4.78, 5) is 12.0. The summed E-state index contributed by atoms with van der Waals surface area (Å²) < 4.78 is 5.36. The number of hydrogen-bond donors (Lipinski definition) is 2. The van der Waals surface area contributed by atoms with Crippen LogP contribution in [0.2, 0.25) is 0 Å². The number of ether oxygens (including phenoxy) is 1. The molecule has 1 aromatic carbocycles. The van der Waals surface area contributed by atoms with E-state index in [9.17, 15) is 4.79 Å². The fourth-order valence-corrected chi connectivity index (χ4v) is 2.85. The zero-order valence-electron chi connectivity index (χ0n) is 15.6. The van der Waals surface area contributed by atoms with Gasteiger partial charge < -0.3 is 15.6 Å². The molecule has 1 aliphatic rings. The third-order valence-electron chi connectivity index (χ3n) is 4.11. The van der Waals surface area contributed by atoms with Crippen molar-refractivity contribution < 1.29 is 14.6 Å². The first-order valence-electron chi connectivity index (χ1n) is 9.16. The predicted octanol–water partition coefficient (Wildman–Crippen LogP) is 4.05. The summed E-state index contributed by atoms with van der Waals surface area (Å²) in [5.41, 5.74) is 6.91. The van der Waals surface area contributed by atoms with E-state index in [1.165, 1.54) is 19.3 Å². The van der Waals surface area contributed by atoms with Gasteiger partial charge in [-0.2, -0.15) is 0 Å². The molecule has 24 heavy (non-hydrogen) atoms. The maximum atomic E-state index is 12.0. The van der Waals surface area contributed by atoms with Crippen molar-refractivity contribution in [1.82, 2.24) is 0 Å². The molecule has 1 fully saturated rings. The lowest BCUT2D eigenvalue weighted by atomic mass is 9.72. The van der Waals surface area contributed by atoms with Crippen LogP contribution in [-0.4, -0.2) is 24.2 Å². The van der Waals surface area contributed by atoms with E-state index < -0.39 is 0 Å². The second-order valence-corrected chi connectivity index (χ2v) is 5.90. The number of aliphatic hydroxyl groups excluding tert-OH is 1. The van der Waals surface area contributed by atoms with Gasteiger partial charge in [0.15, 0.2) is 0 Å². The lowest BCUT2D eigenvalue weighted by molar-refractivity contribution is -0.148. The third kappa shape index (κ3) is 9.04. The first-order valence-corrected chi connectivity index (χ1v) is 9.16. The monoisotopic (exact) mass is 337 g/mol. The molecule has 2 rings (SSSR count). The van der Waals surface area contributed by atoms with Gasteiger partial charge in [-0.3, -0.25) is 4.79 Å². The van der Waals surface area contributed by atoms with Crippen LogP contribution >= 0.6 is 0 Å². The highest BCUT2D eigenvalue weighted by Crippen LogP contribution is 2.38. The Morgan fingerprint density at radius 3 is 2.21 bits per heavy atom. The lowest BCUT2D eigenvalue weighted by Crippen LogP contribution is -2.35. The van der Waals surface area contributed by atoms with Crippen molar-refractivity contribution in [2.45, 2.75) is 65.9 Å². The number of hydrogen-bond acceptors (Lipinski definition) is 4. The van der Waals surface area contributed by atoms with Gasteiger partial charge in [0.25, 0.3) is 0 Å². The SMILES string of the molecule is CC.CCO.NCC1(CC(=O)OCc2ccccc2)CCCCC1. The van der Waals surface area contributed by atoms with Crippen LogP contribution in [0.1, 0.15) is 64.9 Å². The van der Waals surface area contributed by atoms with E-state index in [1.807, 2.05) is 44.2 Å². The van der Waals surface area contributed by atoms with E-state index in [2.05, 4.69) is 0 Å². The average Bonchev–Trinajstić information content (AvgIpc) is 2.64. The summed E-state index contributed by atoms with van der Waals surface area (Å²) >= 11 is 0. The molecule has 0 bridgehead atoms. The molecule has 0 amide bonds. The number of esters is 1. The van der Waals surface area contributed by atoms with E-state index in [0.29, 0.717) is 19.6 Å². The third-order valence-corrected chi connectivity index (χ3v) is 4.11. The van der Waals surface area contributed by atoms with Crippen LogP contribution in [0.3, 0.4) is 0 Å². The standard InChI is InChI=1S/C16H23NO2.C2H6O.C2H6/c17-13-16(9-5-2-6-10-16)11-15(18)19-12-14-7-3-1-4-8-14;1-2-3;1-2/h1,3-4,7-8H,2,5-6,9-13,17H2;3H,2H2,1H3;1-2H3. The molecule has 138 valence electrons. The Morgan fingerprint density at radius 2 is 1.71 bits per heavy atom. The van der Waals surface area contributed by atoms with Gasteiger partial charge in [0.05, 0.1) is 6.42 Å². The van der Waals surface area contributed by atoms with Crippen molar-refractivity contribution in [3.8, 4) is 0 Å². The fraction of sp³-hybridized carbons (Fsp3) is 0.650. The van der Waals surface area contributed by atoms with Gasteiger partial charge in [-0.15, -0.1) is 0 Å². The molecule has 0 aromatic heterocycles. The van der Waals surface area contributed by atoms with Crippen molar-refractivity contribution in [3.05, 3.63) is 35.9 Å². The predicted molar refractivity (Wildman–Crippen MR) is 99.5 cm³/mol. The molecule has 0 atom stereocenters. The number of rotatable bonds is 5. The highest BCUT2D eigenvalue weighted by molar-refractivity contribution is 5.70. The van der Waals surface area contributed by atoms with Crippen molar-refractivity contribution >= 4 is 5.97 Å². The Bertz CT molecular complexity index is 414. The molecule has 0 unspecified atom stereocenters. The lowest BCUT2D eigenvalue weighted by Gasteiger charge is -2.35. The van der Waals surface area contributed by atoms with E-state index >= 15 is 0 Å². The van der Waals surface area contributed by atoms with Gasteiger partial charge in [-0.05, 0) is 37.3 Å². The minimum Gasteiger partial charge on any atom is -0.461 e. The Morgan fingerprint density at radius 1 is 1.17 bits per heavy atom. The van der Waals surface area contributed by atoms with Gasteiger partial charge in [0.1, 0.15) is 6.61 Å². The molecule has 1 aliphatic carbocycles. The van der Waals surface area contributed by atoms with Gasteiger partial charge in [-0.1, -0.05) is 63.4 Å². The van der Waals surface area contributed by atoms with Gasteiger partial charge in [-0.25, -0.2) is 0 Å². The van der Waals surface area contributed by atoms with Crippen LogP contribution in [-0.2, 0) is 16.1 Å². The van der Waals surface area contributed by atoms with Crippen LogP contribution in [0.15, 0.2) is 30.3 Å². The summed E-state index contributed by atoms with van der Waals surface area (Å²) in [6, 6.07) is 9.79. The van der Waals surface area contributed by atoms with Gasteiger partial charge in [0.2, 0.25) is 0 Å². The highest BCUT2D eigenvalue weighted by Gasteiger charge is 2.33.